The third kappa shape index (κ3) is 4.98. The van der Waals surface area contributed by atoms with Gasteiger partial charge in [0.1, 0.15) is 11.6 Å². The number of pyridine rings is 1. The zero-order chi connectivity index (χ0) is 26.2. The highest BCUT2D eigenvalue weighted by Gasteiger charge is 2.24. The van der Waals surface area contributed by atoms with Crippen LogP contribution >= 0.6 is 0 Å². The second kappa shape index (κ2) is 9.79. The Labute approximate surface area is 213 Å². The first-order valence-electron chi connectivity index (χ1n) is 11.5. The summed E-state index contributed by atoms with van der Waals surface area (Å²) < 4.78 is 44.8. The van der Waals surface area contributed by atoms with Crippen molar-refractivity contribution < 1.29 is 22.3 Å². The second-order valence-corrected chi connectivity index (χ2v) is 10.6. The topological polar surface area (TPSA) is 121 Å². The van der Waals surface area contributed by atoms with Gasteiger partial charge >= 0.3 is 0 Å². The van der Waals surface area contributed by atoms with E-state index in [-0.39, 0.29) is 11.5 Å². The third-order valence-corrected chi connectivity index (χ3v) is 7.64. The van der Waals surface area contributed by atoms with Crippen LogP contribution in [0.15, 0.2) is 54.7 Å². The van der Waals surface area contributed by atoms with Crippen LogP contribution in [-0.4, -0.2) is 73.4 Å². The van der Waals surface area contributed by atoms with Crippen molar-refractivity contribution in [2.75, 3.05) is 49.8 Å². The standard InChI is InChI=1S/C25H25FN6O4S/c1-36-22-5-3-4-19(26)23(22)20-14-18-21(15-27-20)29-30-24(18)28-25(33)16-6-8-17(9-7-16)31-10-12-32(13-11-31)37(2,34)35/h3-9,14-15H,10-13H2,1-2H3,(H2,28,29,30,33). The minimum Gasteiger partial charge on any atom is -0.496 e. The Balaban J connectivity index is 1.33. The van der Waals surface area contributed by atoms with Crippen molar-refractivity contribution in [3.8, 4) is 17.0 Å². The number of nitrogens with one attached hydrogen (secondary N) is 2. The minimum atomic E-state index is -3.20. The average molecular weight is 525 g/mol. The van der Waals surface area contributed by atoms with E-state index in [1.165, 1.54) is 29.9 Å². The molecule has 2 N–H and O–H groups in total. The Hall–Kier alpha value is -4.03. The summed E-state index contributed by atoms with van der Waals surface area (Å²) >= 11 is 0. The summed E-state index contributed by atoms with van der Waals surface area (Å²) in [6.07, 6.45) is 2.74. The van der Waals surface area contributed by atoms with E-state index in [1.54, 1.807) is 30.3 Å². The molecule has 1 fully saturated rings. The van der Waals surface area contributed by atoms with E-state index in [4.69, 9.17) is 4.74 Å². The zero-order valence-corrected chi connectivity index (χ0v) is 21.0. The first-order chi connectivity index (χ1) is 17.7. The van der Waals surface area contributed by atoms with Crippen molar-refractivity contribution in [2.24, 2.45) is 0 Å². The van der Waals surface area contributed by atoms with Crippen LogP contribution in [0.25, 0.3) is 22.2 Å². The highest BCUT2D eigenvalue weighted by atomic mass is 32.2. The van der Waals surface area contributed by atoms with Crippen LogP contribution in [0.5, 0.6) is 5.75 Å². The van der Waals surface area contributed by atoms with Gasteiger partial charge < -0.3 is 15.0 Å². The quantitative estimate of drug-likeness (QED) is 0.398. The molecule has 5 rings (SSSR count). The lowest BCUT2D eigenvalue weighted by Gasteiger charge is -2.34. The molecule has 192 valence electrons. The number of methoxy groups -OCH3 is 1. The van der Waals surface area contributed by atoms with Gasteiger partial charge in [-0.1, -0.05) is 6.07 Å². The van der Waals surface area contributed by atoms with Gasteiger partial charge in [-0.3, -0.25) is 14.9 Å². The Morgan fingerprint density at radius 3 is 2.51 bits per heavy atom. The number of carbonyl (C=O) groups excluding carboxylic acids is 1. The largest absolute Gasteiger partial charge is 0.496 e. The number of hydrogen-bond donors (Lipinski definition) is 2. The van der Waals surface area contributed by atoms with Crippen molar-refractivity contribution in [1.82, 2.24) is 19.5 Å². The molecule has 0 aliphatic carbocycles. The fourth-order valence-electron chi connectivity index (χ4n) is 4.35. The molecule has 37 heavy (non-hydrogen) atoms. The molecule has 0 unspecified atom stereocenters. The molecule has 0 saturated carbocycles. The fraction of sp³-hybridized carbons (Fsp3) is 0.240. The van der Waals surface area contributed by atoms with Gasteiger partial charge in [-0.25, -0.2) is 12.8 Å². The number of sulfonamides is 1. The Kier molecular flexibility index (Phi) is 6.52. The summed E-state index contributed by atoms with van der Waals surface area (Å²) in [5, 5.41) is 10.4. The van der Waals surface area contributed by atoms with Gasteiger partial charge in [0.2, 0.25) is 10.0 Å². The minimum absolute atomic E-state index is 0.221. The number of rotatable bonds is 6. The molecule has 2 aromatic carbocycles. The van der Waals surface area contributed by atoms with Crippen LogP contribution in [0.4, 0.5) is 15.9 Å². The lowest BCUT2D eigenvalue weighted by molar-refractivity contribution is 0.102. The number of benzene rings is 2. The van der Waals surface area contributed by atoms with Crippen molar-refractivity contribution in [1.29, 1.82) is 0 Å². The Morgan fingerprint density at radius 2 is 1.84 bits per heavy atom. The number of anilines is 2. The van der Waals surface area contributed by atoms with Crippen LogP contribution in [0, 0.1) is 5.82 Å². The molecule has 12 heteroatoms. The summed E-state index contributed by atoms with van der Waals surface area (Å²) in [6.45, 7) is 1.98. The Bertz CT molecular complexity index is 1560. The van der Waals surface area contributed by atoms with Crippen molar-refractivity contribution in [2.45, 2.75) is 0 Å². The molecule has 2 aromatic heterocycles. The number of hydrogen-bond acceptors (Lipinski definition) is 7. The highest BCUT2D eigenvalue weighted by Crippen LogP contribution is 2.33. The SMILES string of the molecule is COc1cccc(F)c1-c1cc2c(NC(=O)c3ccc(N4CCN(S(C)(=O)=O)CC4)cc3)n[nH]c2cn1. The lowest BCUT2D eigenvalue weighted by atomic mass is 10.1. The number of ether oxygens (including phenoxy) is 1. The number of carbonyl (C=O) groups is 1. The maximum absolute atomic E-state index is 14.6. The van der Waals surface area contributed by atoms with E-state index in [0.29, 0.717) is 59.9 Å². The number of fused-ring (bicyclic) bond motifs is 1. The number of piperazine rings is 1. The van der Waals surface area contributed by atoms with E-state index in [0.717, 1.165) is 5.69 Å². The molecular weight excluding hydrogens is 499 g/mol. The molecule has 1 saturated heterocycles. The molecule has 3 heterocycles. The number of aromatic nitrogens is 3. The van der Waals surface area contributed by atoms with E-state index in [1.807, 2.05) is 12.1 Å². The maximum Gasteiger partial charge on any atom is 0.256 e. The smallest absolute Gasteiger partial charge is 0.256 e. The maximum atomic E-state index is 14.6. The van der Waals surface area contributed by atoms with Gasteiger partial charge in [0.05, 0.1) is 36.3 Å². The summed E-state index contributed by atoms with van der Waals surface area (Å²) in [4.78, 5) is 19.4. The van der Waals surface area contributed by atoms with Crippen molar-refractivity contribution in [3.05, 3.63) is 66.1 Å². The molecule has 10 nitrogen and oxygen atoms in total. The number of amides is 1. The number of halogens is 1. The fourth-order valence-corrected chi connectivity index (χ4v) is 5.18. The molecule has 0 bridgehead atoms. The Morgan fingerprint density at radius 1 is 1.11 bits per heavy atom. The van der Waals surface area contributed by atoms with E-state index >= 15 is 0 Å². The molecule has 0 atom stereocenters. The zero-order valence-electron chi connectivity index (χ0n) is 20.2. The summed E-state index contributed by atoms with van der Waals surface area (Å²) in [5.74, 6) is -0.194. The number of aromatic amines is 1. The van der Waals surface area contributed by atoms with Crippen LogP contribution in [0.2, 0.25) is 0 Å². The molecule has 4 aromatic rings. The normalized spacial score (nSPS) is 14.6. The van der Waals surface area contributed by atoms with E-state index in [9.17, 15) is 17.6 Å². The second-order valence-electron chi connectivity index (χ2n) is 8.65. The van der Waals surface area contributed by atoms with Gasteiger partial charge in [-0.05, 0) is 42.5 Å². The van der Waals surface area contributed by atoms with Gasteiger partial charge in [0, 0.05) is 42.8 Å². The predicted octanol–water partition coefficient (Wildman–Crippen LogP) is 3.11. The average Bonchev–Trinajstić information content (AvgIpc) is 3.30. The molecule has 1 aliphatic rings. The van der Waals surface area contributed by atoms with Gasteiger partial charge in [-0.15, -0.1) is 0 Å². The number of nitrogens with zero attached hydrogens (tertiary/aromatic N) is 4. The third-order valence-electron chi connectivity index (χ3n) is 6.33. The van der Waals surface area contributed by atoms with Crippen LogP contribution in [-0.2, 0) is 10.0 Å². The monoisotopic (exact) mass is 524 g/mol. The molecule has 0 radical (unpaired) electrons. The molecule has 1 aliphatic heterocycles. The first-order valence-corrected chi connectivity index (χ1v) is 13.4. The van der Waals surface area contributed by atoms with Gasteiger partial charge in [0.15, 0.2) is 5.82 Å². The lowest BCUT2D eigenvalue weighted by Crippen LogP contribution is -2.48. The summed E-state index contributed by atoms with van der Waals surface area (Å²) in [7, 11) is -1.74. The summed E-state index contributed by atoms with van der Waals surface area (Å²) in [5.41, 5.74) is 2.49. The van der Waals surface area contributed by atoms with Gasteiger partial charge in [-0.2, -0.15) is 9.40 Å². The molecular formula is C25H25FN6O4S. The summed E-state index contributed by atoms with van der Waals surface area (Å²) in [6, 6.07) is 13.3. The van der Waals surface area contributed by atoms with Crippen LogP contribution in [0.1, 0.15) is 10.4 Å². The van der Waals surface area contributed by atoms with E-state index < -0.39 is 15.8 Å². The van der Waals surface area contributed by atoms with Crippen molar-refractivity contribution in [3.63, 3.8) is 0 Å². The van der Waals surface area contributed by atoms with Crippen molar-refractivity contribution >= 4 is 38.3 Å². The van der Waals surface area contributed by atoms with E-state index in [2.05, 4.69) is 25.4 Å². The number of H-pyrrole nitrogens is 1. The molecule has 0 spiro atoms. The predicted molar refractivity (Wildman–Crippen MR) is 139 cm³/mol. The van der Waals surface area contributed by atoms with Crippen LogP contribution in [0.3, 0.4) is 0 Å². The highest BCUT2D eigenvalue weighted by molar-refractivity contribution is 7.88. The van der Waals surface area contributed by atoms with Gasteiger partial charge in [0.25, 0.3) is 5.91 Å². The van der Waals surface area contributed by atoms with Crippen LogP contribution < -0.4 is 15.0 Å². The first kappa shape index (κ1) is 24.7. The molecule has 1 amide bonds.